The maximum absolute atomic E-state index is 5.82. The minimum Gasteiger partial charge on any atom is -0.489 e. The molecule has 2 aliphatic heterocycles. The molecule has 1 unspecified atom stereocenters. The van der Waals surface area contributed by atoms with Crippen molar-refractivity contribution in [3.63, 3.8) is 0 Å². The van der Waals surface area contributed by atoms with Crippen molar-refractivity contribution in [2.75, 3.05) is 20.7 Å². The fourth-order valence-corrected chi connectivity index (χ4v) is 2.86. The van der Waals surface area contributed by atoms with E-state index in [-0.39, 0.29) is 0 Å². The lowest BCUT2D eigenvalue weighted by Crippen LogP contribution is -2.29. The molecule has 94 valence electrons. The first-order chi connectivity index (χ1) is 8.70. The van der Waals surface area contributed by atoms with Gasteiger partial charge in [-0.3, -0.25) is 0 Å². The molecule has 3 aliphatic rings. The molecule has 1 atom stereocenters. The number of nitrogens with one attached hydrogen (secondary N) is 1. The van der Waals surface area contributed by atoms with E-state index in [0.717, 1.165) is 12.2 Å². The van der Waals surface area contributed by atoms with Crippen molar-refractivity contribution in [1.29, 1.82) is 0 Å². The topological polar surface area (TPSA) is 24.5 Å². The van der Waals surface area contributed by atoms with Gasteiger partial charge in [0.2, 0.25) is 0 Å². The van der Waals surface area contributed by atoms with Gasteiger partial charge in [0, 0.05) is 24.0 Å². The predicted molar refractivity (Wildman–Crippen MR) is 72.7 cm³/mol. The number of nitrogens with zero attached hydrogens (tertiary/aromatic N) is 1. The first-order valence-corrected chi connectivity index (χ1v) is 6.23. The van der Waals surface area contributed by atoms with Gasteiger partial charge in [0.25, 0.3) is 0 Å². The molecule has 18 heavy (non-hydrogen) atoms. The third-order valence-electron chi connectivity index (χ3n) is 3.76. The monoisotopic (exact) mass is 242 g/mol. The maximum atomic E-state index is 5.82. The molecule has 2 heterocycles. The Hall–Kier alpha value is -1.74. The summed E-state index contributed by atoms with van der Waals surface area (Å²) < 4.78 is 5.82. The Kier molecular flexibility index (Phi) is 2.63. The third-order valence-corrected chi connectivity index (χ3v) is 3.76. The molecular weight excluding hydrogens is 224 g/mol. The molecule has 3 heteroatoms. The molecule has 0 aromatic rings. The molecule has 0 saturated heterocycles. The molecule has 0 spiro atoms. The summed E-state index contributed by atoms with van der Waals surface area (Å²) in [6, 6.07) is 0.437. The van der Waals surface area contributed by atoms with Crippen molar-refractivity contribution in [3.05, 3.63) is 59.2 Å². The zero-order valence-electron chi connectivity index (χ0n) is 10.9. The minimum absolute atomic E-state index is 0.437. The van der Waals surface area contributed by atoms with Gasteiger partial charge >= 0.3 is 0 Å². The number of likely N-dealkylation sites (N-methyl/N-ethyl adjacent to an activating group) is 1. The number of rotatable bonds is 2. The van der Waals surface area contributed by atoms with Gasteiger partial charge in [0.1, 0.15) is 12.4 Å². The second kappa shape index (κ2) is 4.18. The lowest BCUT2D eigenvalue weighted by atomic mass is 9.97. The van der Waals surface area contributed by atoms with Crippen molar-refractivity contribution < 1.29 is 4.74 Å². The maximum Gasteiger partial charge on any atom is 0.119 e. The second-order valence-corrected chi connectivity index (χ2v) is 5.06. The van der Waals surface area contributed by atoms with Crippen LogP contribution >= 0.6 is 0 Å². The van der Waals surface area contributed by atoms with Gasteiger partial charge in [-0.25, -0.2) is 0 Å². The zero-order valence-corrected chi connectivity index (χ0v) is 10.9. The summed E-state index contributed by atoms with van der Waals surface area (Å²) in [4.78, 5) is 2.27. The SMILES string of the molecule is C=CC1=CC2=CNC=C3CC(N(C)C)C(=C23)CO1. The quantitative estimate of drug-likeness (QED) is 0.802. The van der Waals surface area contributed by atoms with Crippen molar-refractivity contribution in [1.82, 2.24) is 10.2 Å². The highest BCUT2D eigenvalue weighted by molar-refractivity contribution is 5.62. The van der Waals surface area contributed by atoms with Crippen molar-refractivity contribution in [3.8, 4) is 0 Å². The number of hydrogen-bond acceptors (Lipinski definition) is 3. The van der Waals surface area contributed by atoms with Crippen LogP contribution in [0.4, 0.5) is 0 Å². The van der Waals surface area contributed by atoms with E-state index in [4.69, 9.17) is 4.74 Å². The lowest BCUT2D eigenvalue weighted by Gasteiger charge is -2.22. The van der Waals surface area contributed by atoms with Crippen molar-refractivity contribution in [2.45, 2.75) is 12.5 Å². The zero-order chi connectivity index (χ0) is 12.7. The summed E-state index contributed by atoms with van der Waals surface area (Å²) >= 11 is 0. The van der Waals surface area contributed by atoms with Crippen LogP contribution in [0, 0.1) is 0 Å². The van der Waals surface area contributed by atoms with Gasteiger partial charge in [-0.15, -0.1) is 0 Å². The van der Waals surface area contributed by atoms with Crippen LogP contribution in [0.25, 0.3) is 0 Å². The van der Waals surface area contributed by atoms with Gasteiger partial charge in [-0.05, 0) is 49.4 Å². The number of dihydropyridines is 1. The van der Waals surface area contributed by atoms with Crippen LogP contribution in [0.2, 0.25) is 0 Å². The van der Waals surface area contributed by atoms with Crippen LogP contribution in [0.15, 0.2) is 59.2 Å². The van der Waals surface area contributed by atoms with E-state index in [9.17, 15) is 0 Å². The molecule has 3 rings (SSSR count). The Morgan fingerprint density at radius 2 is 2.28 bits per heavy atom. The first-order valence-electron chi connectivity index (χ1n) is 6.23. The lowest BCUT2D eigenvalue weighted by molar-refractivity contribution is 0.229. The molecular formula is C15H18N2O. The van der Waals surface area contributed by atoms with Crippen LogP contribution in [0.5, 0.6) is 0 Å². The first kappa shape index (κ1) is 11.4. The van der Waals surface area contributed by atoms with Crippen LogP contribution in [0.3, 0.4) is 0 Å². The van der Waals surface area contributed by atoms with E-state index >= 15 is 0 Å². The third kappa shape index (κ3) is 1.63. The highest BCUT2D eigenvalue weighted by Gasteiger charge is 2.34. The second-order valence-electron chi connectivity index (χ2n) is 5.06. The summed E-state index contributed by atoms with van der Waals surface area (Å²) in [6.07, 6.45) is 9.03. The summed E-state index contributed by atoms with van der Waals surface area (Å²) in [7, 11) is 4.25. The number of hydrogen-bond donors (Lipinski definition) is 1. The summed E-state index contributed by atoms with van der Waals surface area (Å²) in [5.74, 6) is 0.844. The Balaban J connectivity index is 2.08. The van der Waals surface area contributed by atoms with Crippen LogP contribution < -0.4 is 5.32 Å². The van der Waals surface area contributed by atoms with Crippen molar-refractivity contribution in [2.24, 2.45) is 0 Å². The molecule has 0 saturated carbocycles. The average molecular weight is 242 g/mol. The smallest absolute Gasteiger partial charge is 0.119 e. The molecule has 1 aliphatic carbocycles. The average Bonchev–Trinajstić information content (AvgIpc) is 2.62. The highest BCUT2D eigenvalue weighted by atomic mass is 16.5. The van der Waals surface area contributed by atoms with Gasteiger partial charge in [0.15, 0.2) is 0 Å². The standard InChI is InChI=1S/C15H18N2O/c1-4-12-5-10-7-16-8-11-6-14(17(2)3)13(9-18-12)15(10)11/h4-5,7-8,14,16H,1,6,9H2,2-3H3. The van der Waals surface area contributed by atoms with E-state index in [0.29, 0.717) is 12.6 Å². The number of ether oxygens (including phenoxy) is 1. The summed E-state index contributed by atoms with van der Waals surface area (Å²) in [6.45, 7) is 4.45. The number of allylic oxidation sites excluding steroid dienone is 4. The van der Waals surface area contributed by atoms with E-state index in [2.05, 4.69) is 43.2 Å². The predicted octanol–water partition coefficient (Wildman–Crippen LogP) is 2.09. The Bertz CT molecular complexity index is 521. The molecule has 3 nitrogen and oxygen atoms in total. The molecule has 0 aromatic carbocycles. The molecule has 0 bridgehead atoms. The van der Waals surface area contributed by atoms with E-state index < -0.39 is 0 Å². The van der Waals surface area contributed by atoms with Gasteiger partial charge in [-0.1, -0.05) is 6.58 Å². The van der Waals surface area contributed by atoms with E-state index in [1.807, 2.05) is 6.20 Å². The summed E-state index contributed by atoms with van der Waals surface area (Å²) in [5, 5.41) is 3.23. The van der Waals surface area contributed by atoms with Crippen LogP contribution in [-0.4, -0.2) is 31.6 Å². The fraction of sp³-hybridized carbons (Fsp3) is 0.333. The van der Waals surface area contributed by atoms with Gasteiger partial charge in [-0.2, -0.15) is 0 Å². The summed E-state index contributed by atoms with van der Waals surface area (Å²) in [5.41, 5.74) is 5.34. The van der Waals surface area contributed by atoms with Crippen LogP contribution in [-0.2, 0) is 4.74 Å². The molecule has 0 radical (unpaired) electrons. The molecule has 1 N–H and O–H groups in total. The van der Waals surface area contributed by atoms with E-state index in [1.54, 1.807) is 6.08 Å². The largest absolute Gasteiger partial charge is 0.489 e. The highest BCUT2D eigenvalue weighted by Crippen LogP contribution is 2.41. The fourth-order valence-electron chi connectivity index (χ4n) is 2.86. The Labute approximate surface area is 108 Å². The molecule has 0 fully saturated rings. The van der Waals surface area contributed by atoms with Crippen molar-refractivity contribution >= 4 is 0 Å². The van der Waals surface area contributed by atoms with Gasteiger partial charge in [0.05, 0.1) is 0 Å². The van der Waals surface area contributed by atoms with Crippen LogP contribution in [0.1, 0.15) is 6.42 Å². The Morgan fingerprint density at radius 1 is 1.44 bits per heavy atom. The van der Waals surface area contributed by atoms with E-state index in [1.165, 1.54) is 22.3 Å². The van der Waals surface area contributed by atoms with Gasteiger partial charge < -0.3 is 15.0 Å². The Morgan fingerprint density at radius 3 is 3.00 bits per heavy atom. The molecule has 0 aromatic heterocycles. The normalized spacial score (nSPS) is 25.5. The molecule has 0 amide bonds. The minimum atomic E-state index is 0.437.